The minimum absolute atomic E-state index is 0.118. The molecule has 1 aliphatic carbocycles. The van der Waals surface area contributed by atoms with Gasteiger partial charge < -0.3 is 5.11 Å². The monoisotopic (exact) mass is 176 g/mol. The fourth-order valence-corrected chi connectivity index (χ4v) is 1.86. The zero-order chi connectivity index (χ0) is 9.47. The summed E-state index contributed by atoms with van der Waals surface area (Å²) in [6, 6.07) is 9.87. The van der Waals surface area contributed by atoms with Crippen LogP contribution in [0.5, 0.6) is 0 Å². The number of hydrogen-bond acceptors (Lipinski definition) is 1. The Bertz CT molecular complexity index is 331. The van der Waals surface area contributed by atoms with E-state index in [4.69, 9.17) is 5.11 Å². The summed E-state index contributed by atoms with van der Waals surface area (Å²) in [4.78, 5) is 10.8. The summed E-state index contributed by atoms with van der Waals surface area (Å²) in [6.07, 6.45) is 0.770. The lowest BCUT2D eigenvalue weighted by Crippen LogP contribution is -2.10. The van der Waals surface area contributed by atoms with Crippen molar-refractivity contribution in [1.82, 2.24) is 0 Å². The van der Waals surface area contributed by atoms with Gasteiger partial charge in [0.15, 0.2) is 0 Å². The highest BCUT2D eigenvalue weighted by Crippen LogP contribution is 2.53. The van der Waals surface area contributed by atoms with Gasteiger partial charge in [-0.15, -0.1) is 0 Å². The van der Waals surface area contributed by atoms with Gasteiger partial charge in [-0.1, -0.05) is 37.3 Å². The van der Waals surface area contributed by atoms with Gasteiger partial charge in [0.2, 0.25) is 0 Å². The molecule has 0 aromatic heterocycles. The Morgan fingerprint density at radius 2 is 2.08 bits per heavy atom. The predicted molar refractivity (Wildman–Crippen MR) is 49.5 cm³/mol. The Hall–Kier alpha value is -1.31. The molecule has 1 N–H and O–H groups in total. The number of carboxylic acids is 1. The summed E-state index contributed by atoms with van der Waals surface area (Å²) < 4.78 is 0. The van der Waals surface area contributed by atoms with Gasteiger partial charge in [-0.05, 0) is 12.0 Å². The molecule has 0 heterocycles. The third kappa shape index (κ3) is 1.22. The molecule has 2 nitrogen and oxygen atoms in total. The van der Waals surface area contributed by atoms with Gasteiger partial charge >= 0.3 is 5.97 Å². The second kappa shape index (κ2) is 2.59. The number of hydrogen-bond donors (Lipinski definition) is 1. The molecule has 68 valence electrons. The quantitative estimate of drug-likeness (QED) is 0.748. The lowest BCUT2D eigenvalue weighted by Gasteiger charge is -2.08. The number of rotatable bonds is 2. The number of carboxylic acid groups (broad SMARTS) is 1. The Balaban J connectivity index is 2.25. The summed E-state index contributed by atoms with van der Waals surface area (Å²) in [7, 11) is 0. The van der Waals surface area contributed by atoms with E-state index >= 15 is 0 Å². The maximum atomic E-state index is 10.8. The van der Waals surface area contributed by atoms with Crippen LogP contribution in [0, 0.1) is 5.92 Å². The highest BCUT2D eigenvalue weighted by atomic mass is 16.4. The van der Waals surface area contributed by atoms with Crippen molar-refractivity contribution in [2.24, 2.45) is 5.92 Å². The van der Waals surface area contributed by atoms with Crippen molar-refractivity contribution in [2.75, 3.05) is 0 Å². The summed E-state index contributed by atoms with van der Waals surface area (Å²) >= 11 is 0. The molecule has 2 rings (SSSR count). The van der Waals surface area contributed by atoms with E-state index in [-0.39, 0.29) is 11.3 Å². The molecule has 13 heavy (non-hydrogen) atoms. The summed E-state index contributed by atoms with van der Waals surface area (Å²) in [5, 5.41) is 8.85. The molecule has 2 atom stereocenters. The highest BCUT2D eigenvalue weighted by molar-refractivity contribution is 5.77. The van der Waals surface area contributed by atoms with Crippen LogP contribution in [0.1, 0.15) is 18.9 Å². The molecule has 1 fully saturated rings. The van der Waals surface area contributed by atoms with Gasteiger partial charge in [0, 0.05) is 5.41 Å². The van der Waals surface area contributed by atoms with Crippen molar-refractivity contribution in [3.05, 3.63) is 35.9 Å². The molecule has 0 amide bonds. The number of aliphatic carboxylic acids is 1. The fourth-order valence-electron chi connectivity index (χ4n) is 1.86. The SMILES string of the molecule is C[C@@]1(c2ccccc2)CC1C(=O)O. The average molecular weight is 176 g/mol. The second-order valence-electron chi connectivity index (χ2n) is 3.88. The largest absolute Gasteiger partial charge is 0.481 e. The topological polar surface area (TPSA) is 37.3 Å². The lowest BCUT2D eigenvalue weighted by atomic mass is 9.96. The molecular weight excluding hydrogens is 164 g/mol. The van der Waals surface area contributed by atoms with E-state index in [2.05, 4.69) is 0 Å². The van der Waals surface area contributed by atoms with Gasteiger partial charge in [-0.2, -0.15) is 0 Å². The molecule has 1 saturated carbocycles. The first kappa shape index (κ1) is 8.30. The molecule has 1 aliphatic rings. The van der Waals surface area contributed by atoms with Gasteiger partial charge in [0.25, 0.3) is 0 Å². The normalized spacial score (nSPS) is 31.3. The van der Waals surface area contributed by atoms with Crippen molar-refractivity contribution >= 4 is 5.97 Å². The summed E-state index contributed by atoms with van der Waals surface area (Å²) in [5.41, 5.74) is 1.02. The molecule has 0 saturated heterocycles. The van der Waals surface area contributed by atoms with Crippen LogP contribution < -0.4 is 0 Å². The highest BCUT2D eigenvalue weighted by Gasteiger charge is 2.55. The average Bonchev–Trinajstić information content (AvgIpc) is 2.82. The first-order chi connectivity index (χ1) is 6.14. The van der Waals surface area contributed by atoms with Crippen LogP contribution in [-0.4, -0.2) is 11.1 Å². The Morgan fingerprint density at radius 1 is 1.46 bits per heavy atom. The van der Waals surface area contributed by atoms with Crippen LogP contribution in [-0.2, 0) is 10.2 Å². The van der Waals surface area contributed by atoms with Crippen molar-refractivity contribution in [3.63, 3.8) is 0 Å². The molecule has 0 radical (unpaired) electrons. The smallest absolute Gasteiger partial charge is 0.307 e. The molecule has 1 aromatic carbocycles. The van der Waals surface area contributed by atoms with E-state index in [1.54, 1.807) is 0 Å². The van der Waals surface area contributed by atoms with Crippen LogP contribution in [0.2, 0.25) is 0 Å². The summed E-state index contributed by atoms with van der Waals surface area (Å²) in [6.45, 7) is 2.02. The second-order valence-corrected chi connectivity index (χ2v) is 3.88. The van der Waals surface area contributed by atoms with Crippen LogP contribution in [0.25, 0.3) is 0 Å². The Labute approximate surface area is 77.2 Å². The van der Waals surface area contributed by atoms with Crippen molar-refractivity contribution in [3.8, 4) is 0 Å². The van der Waals surface area contributed by atoms with Gasteiger partial charge in [0.05, 0.1) is 5.92 Å². The van der Waals surface area contributed by atoms with Crippen LogP contribution in [0.15, 0.2) is 30.3 Å². The Kier molecular flexibility index (Phi) is 1.65. The molecule has 1 unspecified atom stereocenters. The third-order valence-electron chi connectivity index (χ3n) is 2.97. The summed E-state index contributed by atoms with van der Waals surface area (Å²) in [5.74, 6) is -0.860. The van der Waals surface area contributed by atoms with Gasteiger partial charge in [-0.3, -0.25) is 4.79 Å². The first-order valence-corrected chi connectivity index (χ1v) is 4.43. The lowest BCUT2D eigenvalue weighted by molar-refractivity contribution is -0.138. The van der Waals surface area contributed by atoms with Gasteiger partial charge in [0.1, 0.15) is 0 Å². The van der Waals surface area contributed by atoms with Crippen molar-refractivity contribution in [1.29, 1.82) is 0 Å². The Morgan fingerprint density at radius 3 is 2.54 bits per heavy atom. The maximum Gasteiger partial charge on any atom is 0.307 e. The zero-order valence-corrected chi connectivity index (χ0v) is 7.53. The minimum atomic E-state index is -0.675. The third-order valence-corrected chi connectivity index (χ3v) is 2.97. The number of carbonyl (C=O) groups is 1. The molecule has 0 aliphatic heterocycles. The minimum Gasteiger partial charge on any atom is -0.481 e. The first-order valence-electron chi connectivity index (χ1n) is 4.43. The van der Waals surface area contributed by atoms with Crippen LogP contribution >= 0.6 is 0 Å². The van der Waals surface area contributed by atoms with Crippen molar-refractivity contribution < 1.29 is 9.90 Å². The van der Waals surface area contributed by atoms with Crippen LogP contribution in [0.4, 0.5) is 0 Å². The van der Waals surface area contributed by atoms with E-state index in [0.29, 0.717) is 0 Å². The van der Waals surface area contributed by atoms with Crippen molar-refractivity contribution in [2.45, 2.75) is 18.8 Å². The fraction of sp³-hybridized carbons (Fsp3) is 0.364. The molecule has 0 bridgehead atoms. The van der Waals surface area contributed by atoms with E-state index in [1.807, 2.05) is 37.3 Å². The molecular formula is C11H12O2. The zero-order valence-electron chi connectivity index (χ0n) is 7.53. The van der Waals surface area contributed by atoms with E-state index < -0.39 is 5.97 Å². The van der Waals surface area contributed by atoms with E-state index in [1.165, 1.54) is 0 Å². The molecule has 2 heteroatoms. The number of benzene rings is 1. The van der Waals surface area contributed by atoms with E-state index in [0.717, 1.165) is 12.0 Å². The van der Waals surface area contributed by atoms with E-state index in [9.17, 15) is 4.79 Å². The molecule has 0 spiro atoms. The van der Waals surface area contributed by atoms with Crippen LogP contribution in [0.3, 0.4) is 0 Å². The maximum absolute atomic E-state index is 10.8. The molecule has 1 aromatic rings. The standard InChI is InChI=1S/C11H12O2/c1-11(7-9(11)10(12)13)8-5-3-2-4-6-8/h2-6,9H,7H2,1H3,(H,12,13)/t9?,11-/m0/s1. The predicted octanol–water partition coefficient (Wildman–Crippen LogP) is 2.05. The van der Waals surface area contributed by atoms with Gasteiger partial charge in [-0.25, -0.2) is 0 Å².